The fourth-order valence-corrected chi connectivity index (χ4v) is 5.18. The van der Waals surface area contributed by atoms with Crippen LogP contribution in [0, 0.1) is 0 Å². The Labute approximate surface area is 224 Å². The zero-order valence-corrected chi connectivity index (χ0v) is 25.9. The molecule has 2 rings (SSSR count). The van der Waals surface area contributed by atoms with Gasteiger partial charge < -0.3 is 20.5 Å². The highest BCUT2D eigenvalue weighted by molar-refractivity contribution is 7.48. The minimum absolute atomic E-state index is 0.358. The maximum atomic E-state index is 13.8. The van der Waals surface area contributed by atoms with Crippen molar-refractivity contribution in [2.45, 2.75) is 118 Å². The molecule has 6 nitrogen and oxygen atoms in total. The van der Waals surface area contributed by atoms with Gasteiger partial charge in [-0.3, -0.25) is 4.89 Å². The van der Waals surface area contributed by atoms with E-state index in [1.807, 2.05) is 107 Å². The SMILES string of the molecule is CC(C)(C)c1cc(CN)cc(C(C)(C)C)c1OP(=O)(O)Oc1c(C(C)(C)C)cc(CN)cc1C(C)(C)C. The number of rotatable bonds is 6. The number of phosphoric ester groups is 1. The zero-order valence-electron chi connectivity index (χ0n) is 25.0. The molecule has 0 aromatic heterocycles. The standard InChI is InChI=1S/C30H49N2O4P/c1-27(2,3)21-13-19(17-31)14-22(28(4,5)6)25(21)35-37(33,34)36-26-23(29(7,8)9)15-20(18-32)16-24(26)30(10,11)12/h13-16H,17-18,31-32H2,1-12H3,(H,33,34). The highest BCUT2D eigenvalue weighted by Gasteiger charge is 2.37. The van der Waals surface area contributed by atoms with E-state index < -0.39 is 7.82 Å². The van der Waals surface area contributed by atoms with Gasteiger partial charge in [0.15, 0.2) is 0 Å². The van der Waals surface area contributed by atoms with Crippen molar-refractivity contribution in [3.63, 3.8) is 0 Å². The Kier molecular flexibility index (Phi) is 8.79. The lowest BCUT2D eigenvalue weighted by molar-refractivity contribution is 0.280. The van der Waals surface area contributed by atoms with Gasteiger partial charge in [0.2, 0.25) is 0 Å². The summed E-state index contributed by atoms with van der Waals surface area (Å²) in [5.74, 6) is 0.743. The first kappa shape index (κ1) is 31.4. The molecule has 0 fully saturated rings. The third kappa shape index (κ3) is 7.60. The summed E-state index contributed by atoms with van der Waals surface area (Å²) in [6.45, 7) is 25.3. The van der Waals surface area contributed by atoms with Gasteiger partial charge in [-0.25, -0.2) is 4.57 Å². The van der Waals surface area contributed by atoms with Gasteiger partial charge >= 0.3 is 7.82 Å². The Balaban J connectivity index is 2.80. The molecule has 0 bridgehead atoms. The Morgan fingerprint density at radius 3 is 0.973 bits per heavy atom. The van der Waals surface area contributed by atoms with E-state index in [4.69, 9.17) is 20.5 Å². The molecule has 0 saturated carbocycles. The normalized spacial score (nSPS) is 13.6. The molecule has 0 atom stereocenters. The van der Waals surface area contributed by atoms with Gasteiger partial charge in [-0.05, 0) is 32.8 Å². The van der Waals surface area contributed by atoms with Crippen LogP contribution in [0.1, 0.15) is 116 Å². The predicted molar refractivity (Wildman–Crippen MR) is 155 cm³/mol. The molecule has 0 spiro atoms. The summed E-state index contributed by atoms with van der Waals surface area (Å²) in [4.78, 5) is 11.3. The Bertz CT molecular complexity index is 1020. The van der Waals surface area contributed by atoms with Crippen molar-refractivity contribution < 1.29 is 18.5 Å². The molecule has 0 aliphatic heterocycles. The smallest absolute Gasteiger partial charge is 0.395 e. The fourth-order valence-electron chi connectivity index (χ4n) is 4.29. The van der Waals surface area contributed by atoms with Crippen molar-refractivity contribution in [1.82, 2.24) is 0 Å². The molecule has 0 aliphatic rings. The fraction of sp³-hybridized carbons (Fsp3) is 0.600. The van der Waals surface area contributed by atoms with Crippen LogP contribution in [0.25, 0.3) is 0 Å². The lowest BCUT2D eigenvalue weighted by atomic mass is 9.78. The van der Waals surface area contributed by atoms with Crippen LogP contribution in [-0.4, -0.2) is 4.89 Å². The topological polar surface area (TPSA) is 108 Å². The number of nitrogens with two attached hydrogens (primary N) is 2. The van der Waals surface area contributed by atoms with Gasteiger partial charge in [-0.2, -0.15) is 0 Å². The molecule has 0 unspecified atom stereocenters. The highest BCUT2D eigenvalue weighted by atomic mass is 31.2. The Hall–Kier alpha value is -1.85. The van der Waals surface area contributed by atoms with E-state index in [1.54, 1.807) is 0 Å². The molecule has 0 aliphatic carbocycles. The summed E-state index contributed by atoms with van der Waals surface area (Å²) in [6.07, 6.45) is 0. The summed E-state index contributed by atoms with van der Waals surface area (Å²) in [5, 5.41) is 0. The van der Waals surface area contributed by atoms with Gasteiger partial charge in [0.25, 0.3) is 0 Å². The van der Waals surface area contributed by atoms with E-state index >= 15 is 0 Å². The van der Waals surface area contributed by atoms with Gasteiger partial charge in [0, 0.05) is 35.3 Å². The predicted octanol–water partition coefficient (Wildman–Crippen LogP) is 7.35. The number of benzene rings is 2. The molecule has 37 heavy (non-hydrogen) atoms. The second kappa shape index (κ2) is 10.4. The Morgan fingerprint density at radius 2 is 0.811 bits per heavy atom. The van der Waals surface area contributed by atoms with Crippen LogP contribution in [0.3, 0.4) is 0 Å². The molecule has 0 heterocycles. The zero-order chi connectivity index (χ0) is 28.8. The van der Waals surface area contributed by atoms with Crippen molar-refractivity contribution in [3.8, 4) is 11.5 Å². The maximum absolute atomic E-state index is 13.8. The molecule has 0 amide bonds. The van der Waals surface area contributed by atoms with Gasteiger partial charge in [-0.1, -0.05) is 107 Å². The third-order valence-corrected chi connectivity index (χ3v) is 7.24. The van der Waals surface area contributed by atoms with Crippen LogP contribution in [0.2, 0.25) is 0 Å². The van der Waals surface area contributed by atoms with Crippen molar-refractivity contribution >= 4 is 7.82 Å². The highest BCUT2D eigenvalue weighted by Crippen LogP contribution is 2.53. The van der Waals surface area contributed by atoms with E-state index in [-0.39, 0.29) is 21.7 Å². The summed E-state index contributed by atoms with van der Waals surface area (Å²) in [7, 11) is -4.63. The van der Waals surface area contributed by atoms with Crippen LogP contribution < -0.4 is 20.5 Å². The average Bonchev–Trinajstić information content (AvgIpc) is 2.70. The van der Waals surface area contributed by atoms with Crippen LogP contribution in [0.15, 0.2) is 24.3 Å². The first-order valence-electron chi connectivity index (χ1n) is 13.0. The average molecular weight is 533 g/mol. The first-order chi connectivity index (χ1) is 16.5. The summed E-state index contributed by atoms with van der Waals surface area (Å²) >= 11 is 0. The second-order valence-corrected chi connectivity index (χ2v) is 15.4. The minimum Gasteiger partial charge on any atom is -0.395 e. The van der Waals surface area contributed by atoms with E-state index in [1.165, 1.54) is 0 Å². The molecular weight excluding hydrogens is 483 g/mol. The van der Waals surface area contributed by atoms with E-state index in [9.17, 15) is 9.46 Å². The van der Waals surface area contributed by atoms with Gasteiger partial charge in [-0.15, -0.1) is 0 Å². The molecular formula is C30H49N2O4P. The van der Waals surface area contributed by atoms with Crippen molar-refractivity contribution in [1.29, 1.82) is 0 Å². The monoisotopic (exact) mass is 532 g/mol. The lowest BCUT2D eigenvalue weighted by Gasteiger charge is -2.33. The third-order valence-electron chi connectivity index (χ3n) is 6.41. The minimum atomic E-state index is -4.63. The molecule has 7 heteroatoms. The quantitative estimate of drug-likeness (QED) is 0.336. The van der Waals surface area contributed by atoms with E-state index in [2.05, 4.69) is 0 Å². The summed E-state index contributed by atoms with van der Waals surface area (Å²) in [6, 6.07) is 7.84. The largest absolute Gasteiger partial charge is 0.584 e. The second-order valence-electron chi connectivity index (χ2n) is 14.1. The Morgan fingerprint density at radius 1 is 0.595 bits per heavy atom. The molecule has 0 saturated heterocycles. The number of hydrogen-bond acceptors (Lipinski definition) is 5. The van der Waals surface area contributed by atoms with Crippen LogP contribution in [-0.2, 0) is 39.3 Å². The van der Waals surface area contributed by atoms with Gasteiger partial charge in [0.05, 0.1) is 0 Å². The van der Waals surface area contributed by atoms with E-state index in [0.717, 1.165) is 33.4 Å². The first-order valence-corrected chi connectivity index (χ1v) is 14.5. The number of phosphoric acid groups is 1. The molecule has 2 aromatic rings. The summed E-state index contributed by atoms with van der Waals surface area (Å²) < 4.78 is 25.9. The van der Waals surface area contributed by atoms with Crippen LogP contribution in [0.4, 0.5) is 0 Å². The van der Waals surface area contributed by atoms with Crippen molar-refractivity contribution in [3.05, 3.63) is 57.6 Å². The number of hydrogen-bond donors (Lipinski definition) is 3. The van der Waals surface area contributed by atoms with Gasteiger partial charge in [0.1, 0.15) is 11.5 Å². The van der Waals surface area contributed by atoms with Crippen molar-refractivity contribution in [2.24, 2.45) is 11.5 Å². The summed E-state index contributed by atoms with van der Waals surface area (Å²) in [5.41, 5.74) is 15.7. The molecule has 0 radical (unpaired) electrons. The van der Waals surface area contributed by atoms with Crippen LogP contribution in [0.5, 0.6) is 11.5 Å². The molecule has 208 valence electrons. The molecule has 5 N–H and O–H groups in total. The van der Waals surface area contributed by atoms with Crippen molar-refractivity contribution in [2.75, 3.05) is 0 Å². The lowest BCUT2D eigenvalue weighted by Crippen LogP contribution is -2.22. The molecule has 2 aromatic carbocycles. The van der Waals surface area contributed by atoms with E-state index in [0.29, 0.717) is 24.6 Å². The van der Waals surface area contributed by atoms with Crippen LogP contribution >= 0.6 is 7.82 Å². The maximum Gasteiger partial charge on any atom is 0.584 e.